The highest BCUT2D eigenvalue weighted by atomic mass is 35.5. The summed E-state index contributed by atoms with van der Waals surface area (Å²) in [6.45, 7) is 0.624. The molecule has 0 bridgehead atoms. The summed E-state index contributed by atoms with van der Waals surface area (Å²) in [6, 6.07) is 6.33. The molecular weight excluding hydrogens is 242 g/mol. The van der Waals surface area contributed by atoms with Crippen molar-refractivity contribution >= 4 is 23.3 Å². The minimum absolute atomic E-state index is 0.288. The molecule has 1 aliphatic heterocycles. The highest BCUT2D eigenvalue weighted by Gasteiger charge is 2.31. The predicted octanol–water partition coefficient (Wildman–Crippen LogP) is 2.38. The van der Waals surface area contributed by atoms with E-state index in [1.807, 2.05) is 6.07 Å². The van der Waals surface area contributed by atoms with Crippen molar-refractivity contribution in [1.29, 1.82) is 0 Å². The Kier molecular flexibility index (Phi) is 3.86. The van der Waals surface area contributed by atoms with Gasteiger partial charge in [-0.25, -0.2) is 4.79 Å². The number of carboxylic acids is 1. The number of rotatable bonds is 4. The van der Waals surface area contributed by atoms with E-state index in [-0.39, 0.29) is 6.10 Å². The highest BCUT2D eigenvalue weighted by Crippen LogP contribution is 2.24. The van der Waals surface area contributed by atoms with Gasteiger partial charge in [0.05, 0.1) is 16.8 Å². The Hall–Kier alpha value is -1.26. The van der Waals surface area contributed by atoms with E-state index < -0.39 is 12.0 Å². The lowest BCUT2D eigenvalue weighted by Gasteiger charge is -2.21. The smallest absolute Gasteiger partial charge is 0.328 e. The number of hydrogen-bond donors (Lipinski definition) is 2. The second-order valence-electron chi connectivity index (χ2n) is 3.99. The number of para-hydroxylation sites is 1. The van der Waals surface area contributed by atoms with E-state index in [1.165, 1.54) is 0 Å². The van der Waals surface area contributed by atoms with Crippen molar-refractivity contribution in [3.05, 3.63) is 29.3 Å². The fraction of sp³-hybridized carbons (Fsp3) is 0.417. The number of carboxylic acid groups (broad SMARTS) is 1. The zero-order chi connectivity index (χ0) is 12.3. The molecule has 2 unspecified atom stereocenters. The lowest BCUT2D eigenvalue weighted by molar-refractivity contribution is -0.140. The van der Waals surface area contributed by atoms with Crippen molar-refractivity contribution in [2.45, 2.75) is 25.0 Å². The number of benzene rings is 1. The summed E-state index contributed by atoms with van der Waals surface area (Å²) in [5, 5.41) is 12.6. The van der Waals surface area contributed by atoms with Crippen LogP contribution in [0.25, 0.3) is 0 Å². The maximum Gasteiger partial charge on any atom is 0.328 e. The number of halogens is 1. The van der Waals surface area contributed by atoms with Crippen LogP contribution in [0.1, 0.15) is 12.8 Å². The molecule has 1 aromatic rings. The first-order chi connectivity index (χ1) is 8.18. The molecule has 1 saturated heterocycles. The molecule has 0 spiro atoms. The molecule has 1 heterocycles. The summed E-state index contributed by atoms with van der Waals surface area (Å²) in [5.74, 6) is -0.920. The van der Waals surface area contributed by atoms with E-state index in [9.17, 15) is 9.90 Å². The maximum atomic E-state index is 11.2. The van der Waals surface area contributed by atoms with Gasteiger partial charge in [-0.1, -0.05) is 23.7 Å². The monoisotopic (exact) mass is 255 g/mol. The average molecular weight is 256 g/mol. The lowest BCUT2D eigenvalue weighted by Crippen LogP contribution is -2.40. The zero-order valence-corrected chi connectivity index (χ0v) is 9.98. The third kappa shape index (κ3) is 2.90. The van der Waals surface area contributed by atoms with Crippen LogP contribution in [0.15, 0.2) is 24.3 Å². The third-order valence-corrected chi connectivity index (χ3v) is 3.12. The summed E-state index contributed by atoms with van der Waals surface area (Å²) in [6.07, 6.45) is 1.37. The molecule has 2 N–H and O–H groups in total. The van der Waals surface area contributed by atoms with Crippen molar-refractivity contribution in [2.24, 2.45) is 0 Å². The van der Waals surface area contributed by atoms with Gasteiger partial charge in [0, 0.05) is 6.61 Å². The van der Waals surface area contributed by atoms with Gasteiger partial charge >= 0.3 is 5.97 Å². The second-order valence-corrected chi connectivity index (χ2v) is 4.40. The van der Waals surface area contributed by atoms with E-state index in [0.29, 0.717) is 17.3 Å². The standard InChI is InChI=1S/C12H14ClNO3/c13-8-4-1-2-5-9(8)14-11(12(15)16)10-6-3-7-17-10/h1-2,4-5,10-11,14H,3,6-7H2,(H,15,16). The highest BCUT2D eigenvalue weighted by molar-refractivity contribution is 6.33. The van der Waals surface area contributed by atoms with Crippen LogP contribution in [0.2, 0.25) is 5.02 Å². The number of anilines is 1. The van der Waals surface area contributed by atoms with Crippen LogP contribution in [0.3, 0.4) is 0 Å². The van der Waals surface area contributed by atoms with E-state index in [2.05, 4.69) is 5.32 Å². The minimum Gasteiger partial charge on any atom is -0.480 e. The first-order valence-electron chi connectivity index (χ1n) is 5.54. The number of nitrogens with one attached hydrogen (secondary N) is 1. The van der Waals surface area contributed by atoms with E-state index in [0.717, 1.165) is 12.8 Å². The summed E-state index contributed by atoms with van der Waals surface area (Å²) in [4.78, 5) is 11.2. The van der Waals surface area contributed by atoms with Crippen LogP contribution >= 0.6 is 11.6 Å². The lowest BCUT2D eigenvalue weighted by atomic mass is 10.1. The molecule has 2 atom stereocenters. The van der Waals surface area contributed by atoms with Gasteiger partial charge in [-0.15, -0.1) is 0 Å². The van der Waals surface area contributed by atoms with Crippen LogP contribution in [0, 0.1) is 0 Å². The van der Waals surface area contributed by atoms with Gasteiger partial charge in [0.15, 0.2) is 6.04 Å². The van der Waals surface area contributed by atoms with Gasteiger partial charge < -0.3 is 15.2 Å². The molecule has 1 fully saturated rings. The van der Waals surface area contributed by atoms with Crippen LogP contribution < -0.4 is 5.32 Å². The molecular formula is C12H14ClNO3. The first kappa shape index (κ1) is 12.2. The Bertz CT molecular complexity index is 404. The van der Waals surface area contributed by atoms with Crippen LogP contribution in [-0.2, 0) is 9.53 Å². The van der Waals surface area contributed by atoms with Gasteiger partial charge in [-0.05, 0) is 25.0 Å². The van der Waals surface area contributed by atoms with Crippen molar-refractivity contribution < 1.29 is 14.6 Å². The fourth-order valence-corrected chi connectivity index (χ4v) is 2.12. The van der Waals surface area contributed by atoms with Gasteiger partial charge in [-0.2, -0.15) is 0 Å². The molecule has 5 heteroatoms. The molecule has 0 aliphatic carbocycles. The van der Waals surface area contributed by atoms with Crippen molar-refractivity contribution in [3.63, 3.8) is 0 Å². The Morgan fingerprint density at radius 1 is 1.53 bits per heavy atom. The summed E-state index contributed by atoms with van der Waals surface area (Å²) >= 11 is 5.98. The van der Waals surface area contributed by atoms with Gasteiger partial charge in [0.2, 0.25) is 0 Å². The first-order valence-corrected chi connectivity index (χ1v) is 5.92. The Labute approximate surface area is 105 Å². The van der Waals surface area contributed by atoms with Gasteiger partial charge in [-0.3, -0.25) is 0 Å². The van der Waals surface area contributed by atoms with Crippen molar-refractivity contribution in [1.82, 2.24) is 0 Å². The molecule has 0 radical (unpaired) electrons. The topological polar surface area (TPSA) is 58.6 Å². The fourth-order valence-electron chi connectivity index (χ4n) is 1.92. The minimum atomic E-state index is -0.920. The SMILES string of the molecule is O=C(O)C(Nc1ccccc1Cl)C1CCCO1. The van der Waals surface area contributed by atoms with Crippen LogP contribution in [-0.4, -0.2) is 29.8 Å². The second kappa shape index (κ2) is 5.38. The molecule has 1 aliphatic rings. The molecule has 0 amide bonds. The number of aliphatic carboxylic acids is 1. The summed E-state index contributed by atoms with van der Waals surface area (Å²) in [7, 11) is 0. The Morgan fingerprint density at radius 2 is 2.29 bits per heavy atom. The summed E-state index contributed by atoms with van der Waals surface area (Å²) < 4.78 is 5.40. The van der Waals surface area contributed by atoms with Crippen LogP contribution in [0.5, 0.6) is 0 Å². The normalized spacial score (nSPS) is 21.1. The third-order valence-electron chi connectivity index (χ3n) is 2.79. The molecule has 0 saturated carbocycles. The van der Waals surface area contributed by atoms with Crippen molar-refractivity contribution in [2.75, 3.05) is 11.9 Å². The number of hydrogen-bond acceptors (Lipinski definition) is 3. The molecule has 4 nitrogen and oxygen atoms in total. The largest absolute Gasteiger partial charge is 0.480 e. The Morgan fingerprint density at radius 3 is 2.88 bits per heavy atom. The Balaban J connectivity index is 2.12. The average Bonchev–Trinajstić information content (AvgIpc) is 2.81. The molecule has 2 rings (SSSR count). The zero-order valence-electron chi connectivity index (χ0n) is 9.23. The predicted molar refractivity (Wildman–Crippen MR) is 65.5 cm³/mol. The molecule has 1 aromatic carbocycles. The van der Waals surface area contributed by atoms with Gasteiger partial charge in [0.25, 0.3) is 0 Å². The molecule has 17 heavy (non-hydrogen) atoms. The maximum absolute atomic E-state index is 11.2. The van der Waals surface area contributed by atoms with E-state index >= 15 is 0 Å². The van der Waals surface area contributed by atoms with E-state index in [1.54, 1.807) is 18.2 Å². The quantitative estimate of drug-likeness (QED) is 0.867. The summed E-state index contributed by atoms with van der Waals surface area (Å²) in [5.41, 5.74) is 0.622. The number of carbonyl (C=O) groups is 1. The number of ether oxygens (including phenoxy) is 1. The van der Waals surface area contributed by atoms with E-state index in [4.69, 9.17) is 16.3 Å². The van der Waals surface area contributed by atoms with Crippen LogP contribution in [0.4, 0.5) is 5.69 Å². The van der Waals surface area contributed by atoms with Crippen molar-refractivity contribution in [3.8, 4) is 0 Å². The molecule has 92 valence electrons. The molecule has 0 aromatic heterocycles. The van der Waals surface area contributed by atoms with Gasteiger partial charge in [0.1, 0.15) is 0 Å².